The van der Waals surface area contributed by atoms with Gasteiger partial charge in [-0.3, -0.25) is 0 Å². The number of aromatic nitrogens is 2. The first-order valence-electron chi connectivity index (χ1n) is 9.10. The fourth-order valence-corrected chi connectivity index (χ4v) is 3.97. The quantitative estimate of drug-likeness (QED) is 0.229. The van der Waals surface area contributed by atoms with Crippen molar-refractivity contribution in [2.45, 2.75) is 4.90 Å². The Morgan fingerprint density at radius 2 is 1.67 bits per heavy atom. The molecular weight excluding hydrogens is 402 g/mol. The van der Waals surface area contributed by atoms with E-state index in [1.807, 2.05) is 35.7 Å². The molecule has 0 radical (unpaired) electrons. The number of benzene rings is 3. The Hall–Kier alpha value is -3.72. The first-order valence-corrected chi connectivity index (χ1v) is 10.5. The van der Waals surface area contributed by atoms with Gasteiger partial charge in [0.15, 0.2) is 7.05 Å². The molecule has 0 fully saturated rings. The molecule has 30 heavy (non-hydrogen) atoms. The van der Waals surface area contributed by atoms with Gasteiger partial charge in [-0.2, -0.15) is 18.2 Å². The molecule has 1 aromatic heterocycles. The highest BCUT2D eigenvalue weighted by molar-refractivity contribution is 7.87. The minimum atomic E-state index is -3.93. The number of nitrogen functional groups attached to an aromatic ring is 1. The minimum absolute atomic E-state index is 0.0291. The third-order valence-electron chi connectivity index (χ3n) is 4.68. The summed E-state index contributed by atoms with van der Waals surface area (Å²) in [6, 6.07) is 18.0. The number of anilines is 1. The van der Waals surface area contributed by atoms with Crippen LogP contribution in [-0.2, 0) is 24.2 Å². The third kappa shape index (κ3) is 3.74. The number of aryl methyl sites for hydroxylation is 2. The van der Waals surface area contributed by atoms with Crippen LogP contribution in [0.2, 0.25) is 0 Å². The third-order valence-corrected chi connectivity index (χ3v) is 5.94. The summed E-state index contributed by atoms with van der Waals surface area (Å²) in [6.45, 7) is 0. The van der Waals surface area contributed by atoms with E-state index in [0.717, 1.165) is 10.9 Å². The van der Waals surface area contributed by atoms with E-state index >= 15 is 0 Å². The molecule has 9 heteroatoms. The largest absolute Gasteiger partial charge is 0.397 e. The summed E-state index contributed by atoms with van der Waals surface area (Å²) in [5.41, 5.74) is 8.52. The van der Waals surface area contributed by atoms with E-state index in [1.165, 1.54) is 12.1 Å². The maximum absolute atomic E-state index is 12.4. The smallest absolute Gasteiger partial charge is 0.339 e. The molecule has 0 bridgehead atoms. The van der Waals surface area contributed by atoms with Crippen molar-refractivity contribution in [2.24, 2.45) is 24.3 Å². The summed E-state index contributed by atoms with van der Waals surface area (Å²) in [5.74, 6) is 0.251. The maximum Gasteiger partial charge on any atom is 0.339 e. The zero-order valence-electron chi connectivity index (χ0n) is 16.4. The molecule has 0 saturated heterocycles. The zero-order chi connectivity index (χ0) is 21.3. The molecule has 0 aliphatic rings. The second kappa shape index (κ2) is 7.60. The van der Waals surface area contributed by atoms with Gasteiger partial charge < -0.3 is 9.92 Å². The number of nitrogens with zero attached hydrogens (tertiary/aromatic N) is 4. The van der Waals surface area contributed by atoms with Crippen LogP contribution < -0.4 is 14.6 Å². The van der Waals surface area contributed by atoms with Gasteiger partial charge in [0.25, 0.3) is 0 Å². The fourth-order valence-electron chi connectivity index (χ4n) is 3.04. The van der Waals surface area contributed by atoms with E-state index in [-0.39, 0.29) is 10.6 Å². The lowest BCUT2D eigenvalue weighted by atomic mass is 10.2. The molecule has 0 amide bonds. The lowest BCUT2D eigenvalue weighted by Gasteiger charge is -2.06. The Kier molecular flexibility index (Phi) is 4.96. The van der Waals surface area contributed by atoms with E-state index in [2.05, 4.69) is 10.2 Å². The molecule has 0 spiro atoms. The molecule has 0 aliphatic heterocycles. The second-order valence-corrected chi connectivity index (χ2v) is 8.26. The molecule has 0 aliphatic carbocycles. The standard InChI is InChI=1S/C21H19N5O3S/c1-25-14-15-8-13-19(22)20(21(15)26(25)2)24-23-16-9-11-18(12-10-16)30(27,28)29-17-6-4-3-5-7-17/h3-14,22H,1-2H3/p+1. The number of rotatable bonds is 5. The molecule has 1 heterocycles. The molecule has 0 atom stereocenters. The summed E-state index contributed by atoms with van der Waals surface area (Å²) in [5, 5.41) is 9.54. The molecular formula is C21H20N5O3S+. The fraction of sp³-hybridized carbons (Fsp3) is 0.0952. The van der Waals surface area contributed by atoms with E-state index in [4.69, 9.17) is 9.92 Å². The predicted molar refractivity (Wildman–Crippen MR) is 113 cm³/mol. The van der Waals surface area contributed by atoms with Gasteiger partial charge in [-0.15, -0.1) is 9.80 Å². The van der Waals surface area contributed by atoms with Gasteiger partial charge >= 0.3 is 10.1 Å². The van der Waals surface area contributed by atoms with Crippen LogP contribution in [0.4, 0.5) is 17.1 Å². The van der Waals surface area contributed by atoms with Crippen molar-refractivity contribution in [3.8, 4) is 5.75 Å². The average Bonchev–Trinajstić information content (AvgIpc) is 3.02. The first-order chi connectivity index (χ1) is 14.3. The molecule has 8 nitrogen and oxygen atoms in total. The van der Waals surface area contributed by atoms with E-state index < -0.39 is 10.1 Å². The van der Waals surface area contributed by atoms with E-state index in [0.29, 0.717) is 17.1 Å². The van der Waals surface area contributed by atoms with Gasteiger partial charge in [0, 0.05) is 0 Å². The molecule has 0 unspecified atom stereocenters. The molecule has 4 rings (SSSR count). The van der Waals surface area contributed by atoms with Crippen LogP contribution in [0.15, 0.2) is 88.1 Å². The highest BCUT2D eigenvalue weighted by Gasteiger charge is 2.17. The lowest BCUT2D eigenvalue weighted by molar-refractivity contribution is -0.748. The minimum Gasteiger partial charge on any atom is -0.397 e. The maximum atomic E-state index is 12.4. The average molecular weight is 422 g/mol. The Labute approximate surface area is 174 Å². The van der Waals surface area contributed by atoms with Gasteiger partial charge in [0.2, 0.25) is 6.20 Å². The van der Waals surface area contributed by atoms with Crippen LogP contribution >= 0.6 is 0 Å². The van der Waals surface area contributed by atoms with Crippen molar-refractivity contribution in [2.75, 3.05) is 5.73 Å². The zero-order valence-corrected chi connectivity index (χ0v) is 17.2. The molecule has 0 saturated carbocycles. The summed E-state index contributed by atoms with van der Waals surface area (Å²) in [7, 11) is -0.0997. The number of hydrogen-bond acceptors (Lipinski definition) is 6. The van der Waals surface area contributed by atoms with Crippen molar-refractivity contribution in [3.63, 3.8) is 0 Å². The van der Waals surface area contributed by atoms with Crippen LogP contribution in [0.1, 0.15) is 0 Å². The highest BCUT2D eigenvalue weighted by Crippen LogP contribution is 2.33. The van der Waals surface area contributed by atoms with E-state index in [1.54, 1.807) is 48.5 Å². The van der Waals surface area contributed by atoms with Crippen molar-refractivity contribution < 1.29 is 17.3 Å². The summed E-state index contributed by atoms with van der Waals surface area (Å²) >= 11 is 0. The first kappa shape index (κ1) is 19.6. The summed E-state index contributed by atoms with van der Waals surface area (Å²) < 4.78 is 33.8. The second-order valence-electron chi connectivity index (χ2n) is 6.71. The SMILES string of the molecule is Cn1c2c(N=Nc3ccc(S(=O)(=O)Oc4ccccc4)cc3)c(N)ccc2c[n+]1C. The van der Waals surface area contributed by atoms with Crippen LogP contribution in [0.25, 0.3) is 10.9 Å². The number of hydrogen-bond donors (Lipinski definition) is 1. The van der Waals surface area contributed by atoms with Crippen molar-refractivity contribution in [1.82, 2.24) is 4.68 Å². The summed E-state index contributed by atoms with van der Waals surface area (Å²) in [4.78, 5) is 0.0291. The Balaban J connectivity index is 1.61. The van der Waals surface area contributed by atoms with Crippen molar-refractivity contribution >= 4 is 38.1 Å². The van der Waals surface area contributed by atoms with Crippen molar-refractivity contribution in [1.29, 1.82) is 0 Å². The molecule has 152 valence electrons. The summed E-state index contributed by atoms with van der Waals surface area (Å²) in [6.07, 6.45) is 1.97. The van der Waals surface area contributed by atoms with Crippen LogP contribution in [0.5, 0.6) is 5.75 Å². The van der Waals surface area contributed by atoms with E-state index in [9.17, 15) is 8.42 Å². The molecule has 2 N–H and O–H groups in total. The number of fused-ring (bicyclic) bond motifs is 1. The Bertz CT molecular complexity index is 1350. The predicted octanol–water partition coefficient (Wildman–Crippen LogP) is 3.77. The van der Waals surface area contributed by atoms with Gasteiger partial charge in [0.05, 0.1) is 23.8 Å². The lowest BCUT2D eigenvalue weighted by Crippen LogP contribution is -2.36. The number of azo groups is 1. The molecule has 3 aromatic carbocycles. The van der Waals surface area contributed by atoms with Gasteiger partial charge in [0.1, 0.15) is 21.8 Å². The Morgan fingerprint density at radius 3 is 2.37 bits per heavy atom. The Morgan fingerprint density at radius 1 is 0.967 bits per heavy atom. The molecule has 4 aromatic rings. The number of para-hydroxylation sites is 1. The van der Waals surface area contributed by atoms with Crippen LogP contribution in [0, 0.1) is 0 Å². The monoisotopic (exact) mass is 422 g/mol. The van der Waals surface area contributed by atoms with Crippen LogP contribution in [0.3, 0.4) is 0 Å². The van der Waals surface area contributed by atoms with Crippen molar-refractivity contribution in [3.05, 3.63) is 72.9 Å². The van der Waals surface area contributed by atoms with Gasteiger partial charge in [-0.1, -0.05) is 18.2 Å². The van der Waals surface area contributed by atoms with Gasteiger partial charge in [-0.25, -0.2) is 0 Å². The highest BCUT2D eigenvalue weighted by atomic mass is 32.2. The number of nitrogens with two attached hydrogens (primary N) is 1. The van der Waals surface area contributed by atoms with Gasteiger partial charge in [-0.05, 0) is 48.5 Å². The normalized spacial score (nSPS) is 11.9. The van der Waals surface area contributed by atoms with Crippen LogP contribution in [-0.4, -0.2) is 13.1 Å². The topological polar surface area (TPSA) is 103 Å².